The maximum Gasteiger partial charge on any atom is 0.414 e. The minimum Gasteiger partial charge on any atom is -0.447 e. The minimum absolute atomic E-state index is 0.0696. The van der Waals surface area contributed by atoms with Gasteiger partial charge in [0.05, 0.1) is 37.0 Å². The molecule has 0 radical (unpaired) electrons. The van der Waals surface area contributed by atoms with Crippen molar-refractivity contribution < 1.29 is 24.5 Å². The lowest BCUT2D eigenvalue weighted by atomic mass is 9.83. The van der Waals surface area contributed by atoms with Gasteiger partial charge in [0.25, 0.3) is 5.91 Å². The molecule has 2 aliphatic heterocycles. The number of hydrogen-bond acceptors (Lipinski definition) is 7. The number of aromatic nitrogens is 3. The molecule has 0 spiro atoms. The van der Waals surface area contributed by atoms with Crippen molar-refractivity contribution in [3.63, 3.8) is 0 Å². The Labute approximate surface area is 269 Å². The largest absolute Gasteiger partial charge is 0.447 e. The van der Waals surface area contributed by atoms with Crippen LogP contribution in [0.2, 0.25) is 0 Å². The van der Waals surface area contributed by atoms with Crippen molar-refractivity contribution in [1.29, 1.82) is 0 Å². The lowest BCUT2D eigenvalue weighted by molar-refractivity contribution is -0.139. The Kier molecular flexibility index (Phi) is 8.84. The Hall–Kier alpha value is -4.32. The van der Waals surface area contributed by atoms with Crippen LogP contribution in [0.15, 0.2) is 95.6 Å². The van der Waals surface area contributed by atoms with Crippen LogP contribution in [0.3, 0.4) is 0 Å². The molecule has 10 nitrogen and oxygen atoms in total. The van der Waals surface area contributed by atoms with E-state index < -0.39 is 17.4 Å². The molecule has 1 aromatic heterocycles. The summed E-state index contributed by atoms with van der Waals surface area (Å²) in [5, 5.41) is 30.5. The fourth-order valence-electron chi connectivity index (χ4n) is 5.99. The molecule has 45 heavy (non-hydrogen) atoms. The van der Waals surface area contributed by atoms with Gasteiger partial charge in [-0.15, -0.1) is 5.10 Å². The lowest BCUT2D eigenvalue weighted by Gasteiger charge is -2.28. The molecule has 0 saturated carbocycles. The van der Waals surface area contributed by atoms with E-state index >= 15 is 0 Å². The van der Waals surface area contributed by atoms with Crippen LogP contribution in [0, 0.1) is 5.92 Å². The van der Waals surface area contributed by atoms with Gasteiger partial charge in [-0.2, -0.15) is 0 Å². The normalized spacial score (nSPS) is 19.3. The molecule has 2 N–H and O–H groups in total. The summed E-state index contributed by atoms with van der Waals surface area (Å²) in [6, 6.07) is 22.7. The van der Waals surface area contributed by atoms with Gasteiger partial charge in [0, 0.05) is 34.4 Å². The van der Waals surface area contributed by atoms with Crippen molar-refractivity contribution in [3.8, 4) is 0 Å². The SMILES string of the molecule is C[C@H](/C=C/CCn1cc(C(CO)c2ccccc2)nn1)[C@@]1(O)C(=O)N(Cc2cccc(N3CCOC3=O)c2)c2ccc(Br)cc21. The number of fused-ring (bicyclic) bond motifs is 1. The Morgan fingerprint density at radius 3 is 2.67 bits per heavy atom. The van der Waals surface area contributed by atoms with Gasteiger partial charge in [-0.1, -0.05) is 82.7 Å². The van der Waals surface area contributed by atoms with Crippen LogP contribution in [0.1, 0.15) is 41.6 Å². The number of benzene rings is 3. The third kappa shape index (κ3) is 6.03. The summed E-state index contributed by atoms with van der Waals surface area (Å²) in [5.41, 5.74) is 2.61. The van der Waals surface area contributed by atoms with E-state index in [0.717, 1.165) is 15.6 Å². The van der Waals surface area contributed by atoms with Crippen LogP contribution in [0.5, 0.6) is 0 Å². The molecule has 2 amide bonds. The monoisotopic (exact) mass is 671 g/mol. The summed E-state index contributed by atoms with van der Waals surface area (Å²) in [7, 11) is 0. The number of carbonyl (C=O) groups is 2. The minimum atomic E-state index is -1.77. The van der Waals surface area contributed by atoms with Gasteiger partial charge in [-0.3, -0.25) is 14.4 Å². The van der Waals surface area contributed by atoms with Crippen molar-refractivity contribution in [1.82, 2.24) is 15.0 Å². The number of amides is 2. The number of aryl methyl sites for hydroxylation is 1. The van der Waals surface area contributed by atoms with Crippen molar-refractivity contribution >= 4 is 39.3 Å². The molecule has 6 rings (SSSR count). The first kappa shape index (κ1) is 30.7. The first-order valence-electron chi connectivity index (χ1n) is 14.9. The fraction of sp³-hybridized carbons (Fsp3) is 0.294. The first-order chi connectivity index (χ1) is 21.8. The van der Waals surface area contributed by atoms with Gasteiger partial charge >= 0.3 is 6.09 Å². The highest BCUT2D eigenvalue weighted by molar-refractivity contribution is 9.10. The van der Waals surface area contributed by atoms with E-state index in [4.69, 9.17) is 4.74 Å². The quantitative estimate of drug-likeness (QED) is 0.212. The fourth-order valence-corrected chi connectivity index (χ4v) is 6.35. The van der Waals surface area contributed by atoms with Crippen LogP contribution in [-0.2, 0) is 28.2 Å². The van der Waals surface area contributed by atoms with Gasteiger partial charge in [0.2, 0.25) is 0 Å². The Morgan fingerprint density at radius 2 is 1.91 bits per heavy atom. The first-order valence-corrected chi connectivity index (χ1v) is 15.7. The van der Waals surface area contributed by atoms with Gasteiger partial charge in [-0.25, -0.2) is 4.79 Å². The number of aliphatic hydroxyl groups excluding tert-OH is 1. The second-order valence-electron chi connectivity index (χ2n) is 11.3. The molecule has 3 atom stereocenters. The summed E-state index contributed by atoms with van der Waals surface area (Å²) in [6.07, 6.45) is 5.86. The molecular weight excluding hydrogens is 638 g/mol. The Morgan fingerprint density at radius 1 is 1.09 bits per heavy atom. The molecule has 3 heterocycles. The van der Waals surface area contributed by atoms with Crippen LogP contribution in [-0.4, -0.2) is 57.0 Å². The molecule has 1 fully saturated rings. The summed E-state index contributed by atoms with van der Waals surface area (Å²) in [5.74, 6) is -1.19. The molecule has 11 heteroatoms. The van der Waals surface area contributed by atoms with Crippen LogP contribution in [0.25, 0.3) is 0 Å². The average Bonchev–Trinajstić information content (AvgIpc) is 3.75. The lowest BCUT2D eigenvalue weighted by Crippen LogP contribution is -2.44. The van der Waals surface area contributed by atoms with Crippen LogP contribution in [0.4, 0.5) is 16.2 Å². The molecule has 0 bridgehead atoms. The van der Waals surface area contributed by atoms with E-state index in [1.807, 2.05) is 92.0 Å². The van der Waals surface area contributed by atoms with Crippen molar-refractivity contribution in [2.45, 2.75) is 38.0 Å². The van der Waals surface area contributed by atoms with Crippen LogP contribution < -0.4 is 9.80 Å². The summed E-state index contributed by atoms with van der Waals surface area (Å²) in [4.78, 5) is 29.3. The maximum atomic E-state index is 14.0. The third-order valence-corrected chi connectivity index (χ3v) is 8.95. The second-order valence-corrected chi connectivity index (χ2v) is 12.2. The number of nitrogens with zero attached hydrogens (tertiary/aromatic N) is 5. The zero-order chi connectivity index (χ0) is 31.6. The van der Waals surface area contributed by atoms with E-state index in [-0.39, 0.29) is 25.2 Å². The summed E-state index contributed by atoms with van der Waals surface area (Å²) in [6.45, 7) is 3.36. The molecule has 0 aliphatic carbocycles. The van der Waals surface area contributed by atoms with Crippen molar-refractivity contribution in [3.05, 3.63) is 118 Å². The van der Waals surface area contributed by atoms with E-state index in [2.05, 4.69) is 26.2 Å². The molecule has 2 aliphatic rings. The zero-order valence-corrected chi connectivity index (χ0v) is 26.4. The molecule has 232 valence electrons. The van der Waals surface area contributed by atoms with E-state index in [1.54, 1.807) is 20.5 Å². The number of allylic oxidation sites excluding steroid dienone is 1. The number of hydrogen-bond donors (Lipinski definition) is 2. The van der Waals surface area contributed by atoms with E-state index in [1.165, 1.54) is 0 Å². The summed E-state index contributed by atoms with van der Waals surface area (Å²) < 4.78 is 7.57. The molecule has 1 unspecified atom stereocenters. The number of cyclic esters (lactones) is 1. The van der Waals surface area contributed by atoms with Gasteiger partial charge in [-0.05, 0) is 47.9 Å². The number of halogens is 1. The highest BCUT2D eigenvalue weighted by Gasteiger charge is 2.52. The van der Waals surface area contributed by atoms with Crippen molar-refractivity contribution in [2.75, 3.05) is 29.6 Å². The van der Waals surface area contributed by atoms with Gasteiger partial charge < -0.3 is 19.8 Å². The topological polar surface area (TPSA) is 121 Å². The highest BCUT2D eigenvalue weighted by atomic mass is 79.9. The smallest absolute Gasteiger partial charge is 0.414 e. The summed E-state index contributed by atoms with van der Waals surface area (Å²) >= 11 is 3.51. The van der Waals surface area contributed by atoms with Crippen molar-refractivity contribution in [2.24, 2.45) is 5.92 Å². The molecular formula is C34H34BrN5O5. The van der Waals surface area contributed by atoms with E-state index in [0.29, 0.717) is 48.7 Å². The number of aliphatic hydroxyl groups is 2. The molecule has 4 aromatic rings. The van der Waals surface area contributed by atoms with Crippen LogP contribution >= 0.6 is 15.9 Å². The standard InChI is InChI=1S/C34H34BrN5O5/c1-23(8-5-6-15-38-21-30(36-37-38)28(22-41)25-10-3-2-4-11-25)34(44)29-19-26(35)13-14-31(29)40(32(34)42)20-24-9-7-12-27(18-24)39-16-17-45-33(39)43/h2-5,7-14,18-19,21,23,28,41,44H,6,15-17,20,22H2,1H3/b8-5+/t23-,28?,34+/m1/s1. The third-order valence-electron chi connectivity index (χ3n) is 8.46. The zero-order valence-electron chi connectivity index (χ0n) is 24.8. The van der Waals surface area contributed by atoms with Gasteiger partial charge in [0.1, 0.15) is 6.61 Å². The second kappa shape index (κ2) is 13.0. The molecule has 1 saturated heterocycles. The predicted octanol–water partition coefficient (Wildman–Crippen LogP) is 5.14. The number of ether oxygens (including phenoxy) is 1. The predicted molar refractivity (Wildman–Crippen MR) is 173 cm³/mol. The highest BCUT2D eigenvalue weighted by Crippen LogP contribution is 2.47. The maximum absolute atomic E-state index is 14.0. The number of carbonyl (C=O) groups excluding carboxylic acids is 2. The molecule has 3 aromatic carbocycles. The van der Waals surface area contributed by atoms with E-state index in [9.17, 15) is 19.8 Å². The average molecular weight is 673 g/mol. The Bertz CT molecular complexity index is 1730. The Balaban J connectivity index is 1.16. The number of rotatable bonds is 11. The van der Waals surface area contributed by atoms with Gasteiger partial charge in [0.15, 0.2) is 5.60 Å². The number of anilines is 2.